The molecule has 1 aliphatic carbocycles. The van der Waals surface area contributed by atoms with Crippen molar-refractivity contribution in [3.8, 4) is 0 Å². The van der Waals surface area contributed by atoms with Crippen molar-refractivity contribution >= 4 is 11.6 Å². The van der Waals surface area contributed by atoms with E-state index in [1.807, 2.05) is 0 Å². The largest absolute Gasteiger partial charge is 0.378 e. The Morgan fingerprint density at radius 1 is 1.40 bits per heavy atom. The van der Waals surface area contributed by atoms with Gasteiger partial charge in [-0.05, 0) is 35.5 Å². The lowest BCUT2D eigenvalue weighted by atomic mass is 9.82. The van der Waals surface area contributed by atoms with E-state index < -0.39 is 0 Å². The standard InChI is InChI=1S/C13H23ClO/c1-9(2)10-7-13(5-6-15-10)11(8-14)12(13,3)4/h9-11H,5-8H2,1-4H3. The van der Waals surface area contributed by atoms with Crippen LogP contribution in [0, 0.1) is 22.7 Å². The molecule has 1 nitrogen and oxygen atoms in total. The molecule has 0 aromatic heterocycles. The van der Waals surface area contributed by atoms with E-state index in [0.29, 0.717) is 28.8 Å². The van der Waals surface area contributed by atoms with Crippen LogP contribution < -0.4 is 0 Å². The zero-order valence-corrected chi connectivity index (χ0v) is 11.1. The summed E-state index contributed by atoms with van der Waals surface area (Å²) >= 11 is 6.09. The molecule has 0 N–H and O–H groups in total. The van der Waals surface area contributed by atoms with Gasteiger partial charge in [0.1, 0.15) is 0 Å². The quantitative estimate of drug-likeness (QED) is 0.658. The lowest BCUT2D eigenvalue weighted by molar-refractivity contribution is -0.0508. The van der Waals surface area contributed by atoms with Crippen LogP contribution in [0.2, 0.25) is 0 Å². The van der Waals surface area contributed by atoms with Crippen molar-refractivity contribution in [3.05, 3.63) is 0 Å². The van der Waals surface area contributed by atoms with Crippen LogP contribution in [0.15, 0.2) is 0 Å². The average molecular weight is 231 g/mol. The van der Waals surface area contributed by atoms with Crippen LogP contribution in [0.1, 0.15) is 40.5 Å². The van der Waals surface area contributed by atoms with Crippen LogP contribution in [0.4, 0.5) is 0 Å². The Balaban J connectivity index is 2.11. The van der Waals surface area contributed by atoms with Gasteiger partial charge in [-0.3, -0.25) is 0 Å². The smallest absolute Gasteiger partial charge is 0.0603 e. The molecular weight excluding hydrogens is 208 g/mol. The van der Waals surface area contributed by atoms with Gasteiger partial charge in [-0.25, -0.2) is 0 Å². The Morgan fingerprint density at radius 2 is 2.07 bits per heavy atom. The van der Waals surface area contributed by atoms with E-state index in [1.54, 1.807) is 0 Å². The Labute approximate surface area is 98.5 Å². The van der Waals surface area contributed by atoms with E-state index in [0.717, 1.165) is 12.5 Å². The van der Waals surface area contributed by atoms with E-state index in [1.165, 1.54) is 12.8 Å². The van der Waals surface area contributed by atoms with E-state index in [-0.39, 0.29) is 0 Å². The number of rotatable bonds is 2. The third-order valence-corrected chi connectivity index (χ3v) is 5.39. The summed E-state index contributed by atoms with van der Waals surface area (Å²) in [6, 6.07) is 0. The molecule has 1 saturated heterocycles. The van der Waals surface area contributed by atoms with Crippen LogP contribution in [-0.2, 0) is 4.74 Å². The Morgan fingerprint density at radius 3 is 2.53 bits per heavy atom. The first-order chi connectivity index (χ1) is 6.95. The van der Waals surface area contributed by atoms with Crippen LogP contribution in [0.3, 0.4) is 0 Å². The molecular formula is C13H23ClO. The van der Waals surface area contributed by atoms with Crippen molar-refractivity contribution in [1.82, 2.24) is 0 Å². The maximum absolute atomic E-state index is 6.09. The summed E-state index contributed by atoms with van der Waals surface area (Å²) in [6.07, 6.45) is 2.88. The molecule has 2 heteroatoms. The van der Waals surface area contributed by atoms with Gasteiger partial charge in [0.15, 0.2) is 0 Å². The number of hydrogen-bond donors (Lipinski definition) is 0. The summed E-state index contributed by atoms with van der Waals surface area (Å²) in [5.41, 5.74) is 0.924. The van der Waals surface area contributed by atoms with Crippen molar-refractivity contribution < 1.29 is 4.74 Å². The van der Waals surface area contributed by atoms with Gasteiger partial charge in [-0.1, -0.05) is 27.7 Å². The van der Waals surface area contributed by atoms with Crippen LogP contribution in [-0.4, -0.2) is 18.6 Å². The molecule has 3 unspecified atom stereocenters. The van der Waals surface area contributed by atoms with Crippen LogP contribution >= 0.6 is 11.6 Å². The van der Waals surface area contributed by atoms with Crippen molar-refractivity contribution in [2.45, 2.75) is 46.6 Å². The van der Waals surface area contributed by atoms with Crippen molar-refractivity contribution in [2.75, 3.05) is 12.5 Å². The second-order valence-electron chi connectivity index (χ2n) is 6.19. The first-order valence-electron chi connectivity index (χ1n) is 6.13. The molecule has 0 amide bonds. The van der Waals surface area contributed by atoms with Crippen LogP contribution in [0.25, 0.3) is 0 Å². The lowest BCUT2D eigenvalue weighted by Gasteiger charge is -2.34. The number of hydrogen-bond acceptors (Lipinski definition) is 1. The Hall–Kier alpha value is 0.250. The van der Waals surface area contributed by atoms with Gasteiger partial charge in [-0.15, -0.1) is 11.6 Å². The molecule has 15 heavy (non-hydrogen) atoms. The molecule has 88 valence electrons. The SMILES string of the molecule is CC(C)C1CC2(CCO1)C(CCl)C2(C)C. The molecule has 2 aliphatic rings. The predicted octanol–water partition coefficient (Wildman–Crippen LogP) is 3.70. The molecule has 0 bridgehead atoms. The second-order valence-corrected chi connectivity index (χ2v) is 6.50. The topological polar surface area (TPSA) is 9.23 Å². The van der Waals surface area contributed by atoms with Crippen molar-refractivity contribution in [2.24, 2.45) is 22.7 Å². The van der Waals surface area contributed by atoms with Gasteiger partial charge in [0, 0.05) is 12.5 Å². The third kappa shape index (κ3) is 1.54. The maximum Gasteiger partial charge on any atom is 0.0603 e. The minimum absolute atomic E-state index is 0.436. The summed E-state index contributed by atoms with van der Waals surface area (Å²) in [5, 5.41) is 0. The lowest BCUT2D eigenvalue weighted by Crippen LogP contribution is -2.33. The summed E-state index contributed by atoms with van der Waals surface area (Å²) in [4.78, 5) is 0. The molecule has 2 fully saturated rings. The van der Waals surface area contributed by atoms with E-state index in [9.17, 15) is 0 Å². The average Bonchev–Trinajstić information content (AvgIpc) is 2.61. The summed E-state index contributed by atoms with van der Waals surface area (Å²) in [7, 11) is 0. The minimum Gasteiger partial charge on any atom is -0.378 e. The fourth-order valence-corrected chi connectivity index (χ4v) is 4.33. The minimum atomic E-state index is 0.436. The molecule has 1 spiro atoms. The highest BCUT2D eigenvalue weighted by molar-refractivity contribution is 6.18. The van der Waals surface area contributed by atoms with E-state index in [4.69, 9.17) is 16.3 Å². The Kier molecular flexibility index (Phi) is 2.84. The zero-order chi connectivity index (χ0) is 11.3. The maximum atomic E-state index is 6.09. The van der Waals surface area contributed by atoms with Crippen molar-refractivity contribution in [1.29, 1.82) is 0 Å². The zero-order valence-electron chi connectivity index (χ0n) is 10.3. The van der Waals surface area contributed by atoms with Gasteiger partial charge in [-0.2, -0.15) is 0 Å². The first kappa shape index (κ1) is 11.7. The van der Waals surface area contributed by atoms with Gasteiger partial charge in [0.25, 0.3) is 0 Å². The molecule has 2 rings (SSSR count). The summed E-state index contributed by atoms with van der Waals surface area (Å²) < 4.78 is 5.86. The number of halogens is 1. The molecule has 0 aromatic rings. The van der Waals surface area contributed by atoms with Gasteiger partial charge in [0.05, 0.1) is 6.10 Å². The highest BCUT2D eigenvalue weighted by Crippen LogP contribution is 2.74. The summed E-state index contributed by atoms with van der Waals surface area (Å²) in [6.45, 7) is 10.2. The third-order valence-electron chi connectivity index (χ3n) is 5.08. The van der Waals surface area contributed by atoms with Gasteiger partial charge < -0.3 is 4.74 Å². The molecule has 3 atom stereocenters. The fourth-order valence-electron chi connectivity index (χ4n) is 3.64. The monoisotopic (exact) mass is 230 g/mol. The molecule has 1 saturated carbocycles. The number of alkyl halides is 1. The molecule has 0 radical (unpaired) electrons. The highest BCUT2D eigenvalue weighted by atomic mass is 35.5. The predicted molar refractivity (Wildman–Crippen MR) is 64.2 cm³/mol. The van der Waals surface area contributed by atoms with Crippen LogP contribution in [0.5, 0.6) is 0 Å². The van der Waals surface area contributed by atoms with Gasteiger partial charge >= 0.3 is 0 Å². The van der Waals surface area contributed by atoms with Gasteiger partial charge in [0.2, 0.25) is 0 Å². The Bertz CT molecular complexity index is 249. The number of ether oxygens (including phenoxy) is 1. The molecule has 1 aliphatic heterocycles. The second kappa shape index (κ2) is 3.63. The van der Waals surface area contributed by atoms with E-state index in [2.05, 4.69) is 27.7 Å². The summed E-state index contributed by atoms with van der Waals surface area (Å²) in [5.74, 6) is 2.16. The first-order valence-corrected chi connectivity index (χ1v) is 6.67. The molecule has 1 heterocycles. The molecule has 0 aromatic carbocycles. The highest BCUT2D eigenvalue weighted by Gasteiger charge is 2.70. The van der Waals surface area contributed by atoms with E-state index >= 15 is 0 Å². The normalized spacial score (nSPS) is 43.6. The fraction of sp³-hybridized carbons (Fsp3) is 1.00. The van der Waals surface area contributed by atoms with Crippen molar-refractivity contribution in [3.63, 3.8) is 0 Å².